The third-order valence-corrected chi connectivity index (χ3v) is 4.58. The molecule has 0 bridgehead atoms. The average molecular weight is 390 g/mol. The number of nitrogens with zero attached hydrogens (tertiary/aromatic N) is 2. The molecule has 138 valence electrons. The zero-order chi connectivity index (χ0) is 19.5. The summed E-state index contributed by atoms with van der Waals surface area (Å²) in [5.74, 6) is -0.330. The van der Waals surface area contributed by atoms with Gasteiger partial charge in [0.05, 0.1) is 11.2 Å². The second-order valence-corrected chi connectivity index (χ2v) is 6.71. The molecule has 0 atom stereocenters. The SMILES string of the molecule is O=C(Cn1c(=O)nc(-c2ccccc2)c2ccccc21)Nc1cccc(Cl)c1. The summed E-state index contributed by atoms with van der Waals surface area (Å²) in [6.07, 6.45) is 0. The predicted octanol–water partition coefficient (Wildman–Crippen LogP) is 4.36. The van der Waals surface area contributed by atoms with Crippen molar-refractivity contribution in [3.05, 3.63) is 94.4 Å². The van der Waals surface area contributed by atoms with Gasteiger partial charge in [-0.3, -0.25) is 9.36 Å². The highest BCUT2D eigenvalue weighted by atomic mass is 35.5. The lowest BCUT2D eigenvalue weighted by atomic mass is 10.1. The lowest BCUT2D eigenvalue weighted by Crippen LogP contribution is -2.30. The largest absolute Gasteiger partial charge is 0.349 e. The molecule has 0 fully saturated rings. The number of aromatic nitrogens is 2. The Balaban J connectivity index is 1.73. The summed E-state index contributed by atoms with van der Waals surface area (Å²) in [6.45, 7) is -0.145. The van der Waals surface area contributed by atoms with Crippen LogP contribution in [0, 0.1) is 0 Å². The zero-order valence-electron chi connectivity index (χ0n) is 14.8. The van der Waals surface area contributed by atoms with Gasteiger partial charge in [0.25, 0.3) is 0 Å². The fourth-order valence-electron chi connectivity index (χ4n) is 3.11. The first-order valence-electron chi connectivity index (χ1n) is 8.72. The molecule has 3 aromatic carbocycles. The molecule has 0 unspecified atom stereocenters. The van der Waals surface area contributed by atoms with Crippen LogP contribution in [-0.2, 0) is 11.3 Å². The van der Waals surface area contributed by atoms with Gasteiger partial charge in [0.15, 0.2) is 0 Å². The molecule has 0 aliphatic rings. The van der Waals surface area contributed by atoms with E-state index in [0.717, 1.165) is 10.9 Å². The number of para-hydroxylation sites is 1. The molecule has 4 aromatic rings. The van der Waals surface area contributed by atoms with Gasteiger partial charge in [0.1, 0.15) is 6.54 Å². The van der Waals surface area contributed by atoms with Crippen LogP contribution in [-0.4, -0.2) is 15.5 Å². The molecule has 0 aliphatic carbocycles. The van der Waals surface area contributed by atoms with E-state index in [-0.39, 0.29) is 12.5 Å². The van der Waals surface area contributed by atoms with Crippen molar-refractivity contribution in [2.75, 3.05) is 5.32 Å². The van der Waals surface area contributed by atoms with Gasteiger partial charge in [0.2, 0.25) is 5.91 Å². The summed E-state index contributed by atoms with van der Waals surface area (Å²) in [7, 11) is 0. The van der Waals surface area contributed by atoms with Crippen molar-refractivity contribution in [1.29, 1.82) is 0 Å². The van der Waals surface area contributed by atoms with Crippen molar-refractivity contribution >= 4 is 34.1 Å². The molecule has 0 saturated heterocycles. The van der Waals surface area contributed by atoms with Crippen molar-refractivity contribution in [3.8, 4) is 11.3 Å². The fourth-order valence-corrected chi connectivity index (χ4v) is 3.30. The minimum Gasteiger partial charge on any atom is -0.324 e. The third-order valence-electron chi connectivity index (χ3n) is 4.35. The van der Waals surface area contributed by atoms with E-state index in [1.165, 1.54) is 4.57 Å². The minimum atomic E-state index is -0.473. The molecule has 1 N–H and O–H groups in total. The maximum absolute atomic E-state index is 12.7. The highest BCUT2D eigenvalue weighted by molar-refractivity contribution is 6.30. The van der Waals surface area contributed by atoms with Gasteiger partial charge in [-0.2, -0.15) is 4.98 Å². The average Bonchev–Trinajstić information content (AvgIpc) is 2.70. The number of amides is 1. The topological polar surface area (TPSA) is 64.0 Å². The lowest BCUT2D eigenvalue weighted by molar-refractivity contribution is -0.116. The van der Waals surface area contributed by atoms with E-state index in [1.807, 2.05) is 54.6 Å². The van der Waals surface area contributed by atoms with Gasteiger partial charge in [-0.1, -0.05) is 66.2 Å². The Bertz CT molecular complexity index is 1220. The number of nitrogens with one attached hydrogen (secondary N) is 1. The van der Waals surface area contributed by atoms with Gasteiger partial charge in [-0.25, -0.2) is 4.79 Å². The molecule has 5 nitrogen and oxygen atoms in total. The van der Waals surface area contributed by atoms with E-state index in [1.54, 1.807) is 24.3 Å². The summed E-state index contributed by atoms with van der Waals surface area (Å²) in [4.78, 5) is 29.5. The maximum Gasteiger partial charge on any atom is 0.349 e. The molecular formula is C22H16ClN3O2. The summed E-state index contributed by atoms with van der Waals surface area (Å²) < 4.78 is 1.38. The van der Waals surface area contributed by atoms with Crippen molar-refractivity contribution in [3.63, 3.8) is 0 Å². The number of hydrogen-bond donors (Lipinski definition) is 1. The number of carbonyl (C=O) groups excluding carboxylic acids is 1. The monoisotopic (exact) mass is 389 g/mol. The molecule has 0 saturated carbocycles. The number of carbonyl (C=O) groups is 1. The number of rotatable bonds is 4. The highest BCUT2D eigenvalue weighted by Crippen LogP contribution is 2.25. The maximum atomic E-state index is 12.7. The first kappa shape index (κ1) is 17.9. The van der Waals surface area contributed by atoms with Gasteiger partial charge in [-0.05, 0) is 24.3 Å². The van der Waals surface area contributed by atoms with Crippen LogP contribution in [0.25, 0.3) is 22.2 Å². The number of hydrogen-bond acceptors (Lipinski definition) is 3. The smallest absolute Gasteiger partial charge is 0.324 e. The molecule has 1 heterocycles. The molecule has 4 rings (SSSR count). The summed E-state index contributed by atoms with van der Waals surface area (Å²) in [5, 5.41) is 4.09. The Morgan fingerprint density at radius 1 is 0.964 bits per heavy atom. The second kappa shape index (κ2) is 7.66. The Kier molecular flexibility index (Phi) is 4.91. The van der Waals surface area contributed by atoms with Crippen molar-refractivity contribution in [1.82, 2.24) is 9.55 Å². The van der Waals surface area contributed by atoms with Gasteiger partial charge < -0.3 is 5.32 Å². The normalized spacial score (nSPS) is 10.8. The van der Waals surface area contributed by atoms with E-state index in [4.69, 9.17) is 11.6 Å². The minimum absolute atomic E-state index is 0.145. The predicted molar refractivity (Wildman–Crippen MR) is 112 cm³/mol. The number of fused-ring (bicyclic) bond motifs is 1. The van der Waals surface area contributed by atoms with Crippen LogP contribution in [0.4, 0.5) is 5.69 Å². The Morgan fingerprint density at radius 3 is 2.50 bits per heavy atom. The Hall–Kier alpha value is -3.44. The Morgan fingerprint density at radius 2 is 1.71 bits per heavy atom. The van der Waals surface area contributed by atoms with Crippen LogP contribution in [0.5, 0.6) is 0 Å². The van der Waals surface area contributed by atoms with E-state index in [0.29, 0.717) is 21.9 Å². The quantitative estimate of drug-likeness (QED) is 0.564. The van der Waals surface area contributed by atoms with Gasteiger partial charge >= 0.3 is 5.69 Å². The van der Waals surface area contributed by atoms with Crippen molar-refractivity contribution in [2.45, 2.75) is 6.54 Å². The molecule has 1 aromatic heterocycles. The van der Waals surface area contributed by atoms with Crippen LogP contribution >= 0.6 is 11.6 Å². The van der Waals surface area contributed by atoms with Crippen LogP contribution < -0.4 is 11.0 Å². The highest BCUT2D eigenvalue weighted by Gasteiger charge is 2.14. The first-order valence-corrected chi connectivity index (χ1v) is 9.10. The molecular weight excluding hydrogens is 374 g/mol. The van der Waals surface area contributed by atoms with E-state index >= 15 is 0 Å². The summed E-state index contributed by atoms with van der Waals surface area (Å²) in [5.41, 5.74) is 2.21. The van der Waals surface area contributed by atoms with Gasteiger partial charge in [-0.15, -0.1) is 0 Å². The summed E-state index contributed by atoms with van der Waals surface area (Å²) in [6, 6.07) is 23.8. The summed E-state index contributed by atoms with van der Waals surface area (Å²) >= 11 is 5.95. The second-order valence-electron chi connectivity index (χ2n) is 6.27. The van der Waals surface area contributed by atoms with E-state index in [2.05, 4.69) is 10.3 Å². The molecule has 28 heavy (non-hydrogen) atoms. The first-order chi connectivity index (χ1) is 13.6. The van der Waals surface area contributed by atoms with Crippen molar-refractivity contribution < 1.29 is 4.79 Å². The van der Waals surface area contributed by atoms with E-state index in [9.17, 15) is 9.59 Å². The van der Waals surface area contributed by atoms with Crippen molar-refractivity contribution in [2.24, 2.45) is 0 Å². The zero-order valence-corrected chi connectivity index (χ0v) is 15.6. The lowest BCUT2D eigenvalue weighted by Gasteiger charge is -2.13. The van der Waals surface area contributed by atoms with Crippen LogP contribution in [0.15, 0.2) is 83.7 Å². The van der Waals surface area contributed by atoms with E-state index < -0.39 is 5.69 Å². The van der Waals surface area contributed by atoms with Crippen LogP contribution in [0.2, 0.25) is 5.02 Å². The molecule has 0 radical (unpaired) electrons. The number of halogens is 1. The van der Waals surface area contributed by atoms with Crippen LogP contribution in [0.1, 0.15) is 0 Å². The molecule has 6 heteroatoms. The molecule has 0 spiro atoms. The fraction of sp³-hybridized carbons (Fsp3) is 0.0455. The third kappa shape index (κ3) is 3.66. The Labute approximate surface area is 166 Å². The van der Waals surface area contributed by atoms with Gasteiger partial charge in [0, 0.05) is 21.7 Å². The standard InChI is InChI=1S/C22H16ClN3O2/c23-16-9-6-10-17(13-16)24-20(27)14-26-19-12-5-4-11-18(19)21(25-22(26)28)15-7-2-1-3-8-15/h1-13H,14H2,(H,24,27). The number of anilines is 1. The molecule has 0 aliphatic heterocycles. The number of benzene rings is 3. The van der Waals surface area contributed by atoms with Crippen LogP contribution in [0.3, 0.4) is 0 Å². The molecule has 1 amide bonds.